The minimum Gasteiger partial charge on any atom is -0.354 e. The maximum atomic E-state index is 13.1. The number of hydrazine groups is 1. The molecule has 3 unspecified atom stereocenters. The first-order valence-electron chi connectivity index (χ1n) is 9.24. The number of aromatic nitrogens is 1. The molecule has 146 valence electrons. The number of thiophene rings is 1. The van der Waals surface area contributed by atoms with Gasteiger partial charge in [-0.2, -0.15) is 4.31 Å². The highest BCUT2D eigenvalue weighted by Gasteiger charge is 2.34. The van der Waals surface area contributed by atoms with Gasteiger partial charge in [-0.25, -0.2) is 18.8 Å². The van der Waals surface area contributed by atoms with Crippen LogP contribution in [0.15, 0.2) is 40.7 Å². The third-order valence-electron chi connectivity index (χ3n) is 5.50. The van der Waals surface area contributed by atoms with E-state index in [1.165, 1.54) is 11.3 Å². The lowest BCUT2D eigenvalue weighted by molar-refractivity contribution is 0.385. The average Bonchev–Trinajstić information content (AvgIpc) is 3.31. The molecule has 27 heavy (non-hydrogen) atoms. The summed E-state index contributed by atoms with van der Waals surface area (Å²) in [5, 5.41) is 0. The summed E-state index contributed by atoms with van der Waals surface area (Å²) in [6.45, 7) is 6.55. The molecule has 0 radical (unpaired) electrons. The lowest BCUT2D eigenvalue weighted by Crippen LogP contribution is -2.48. The van der Waals surface area contributed by atoms with Crippen molar-refractivity contribution in [2.45, 2.75) is 30.1 Å². The Hall–Kier alpha value is -1.52. The quantitative estimate of drug-likeness (QED) is 0.805. The number of anilines is 1. The number of piperazine rings is 1. The third-order valence-corrected chi connectivity index (χ3v) is 9.03. The minimum absolute atomic E-state index is 0.148. The molecule has 2 aromatic heterocycles. The van der Waals surface area contributed by atoms with Gasteiger partial charge in [0.05, 0.1) is 6.04 Å². The fourth-order valence-electron chi connectivity index (χ4n) is 3.57. The number of nitrogens with one attached hydrogen (secondary N) is 2. The van der Waals surface area contributed by atoms with E-state index in [0.29, 0.717) is 42.3 Å². The zero-order valence-electron chi connectivity index (χ0n) is 15.5. The van der Waals surface area contributed by atoms with Crippen molar-refractivity contribution < 1.29 is 8.42 Å². The first kappa shape index (κ1) is 18.8. The van der Waals surface area contributed by atoms with E-state index in [-0.39, 0.29) is 6.04 Å². The standard InChI is InChI=1S/C18H25N5O2S2/c1-13-14(2)20-21-18(13)15-6-7-17(26-15)27(24,25)23-11-9-22(10-12-23)16-5-3-4-8-19-16/h3-8,13-14,18,20-21H,9-12H2,1-2H3. The lowest BCUT2D eigenvalue weighted by atomic mass is 9.97. The van der Waals surface area contributed by atoms with Gasteiger partial charge in [0.25, 0.3) is 10.0 Å². The Morgan fingerprint density at radius 2 is 1.85 bits per heavy atom. The van der Waals surface area contributed by atoms with Crippen LogP contribution in [0.25, 0.3) is 0 Å². The van der Waals surface area contributed by atoms with E-state index in [1.54, 1.807) is 16.6 Å². The molecule has 2 aliphatic heterocycles. The van der Waals surface area contributed by atoms with Crippen molar-refractivity contribution in [2.75, 3.05) is 31.1 Å². The molecule has 4 rings (SSSR count). The molecular weight excluding hydrogens is 382 g/mol. The van der Waals surface area contributed by atoms with Gasteiger partial charge in [0, 0.05) is 43.3 Å². The van der Waals surface area contributed by atoms with Crippen LogP contribution in [0, 0.1) is 5.92 Å². The topological polar surface area (TPSA) is 77.6 Å². The highest BCUT2D eigenvalue weighted by Crippen LogP contribution is 2.35. The number of rotatable bonds is 4. The highest BCUT2D eigenvalue weighted by molar-refractivity contribution is 7.91. The first-order chi connectivity index (χ1) is 13.0. The van der Waals surface area contributed by atoms with Crippen LogP contribution in [0.2, 0.25) is 0 Å². The van der Waals surface area contributed by atoms with Crippen LogP contribution in [0.1, 0.15) is 24.8 Å². The molecular formula is C18H25N5O2S2. The van der Waals surface area contributed by atoms with Gasteiger partial charge in [-0.15, -0.1) is 11.3 Å². The summed E-state index contributed by atoms with van der Waals surface area (Å²) in [5.74, 6) is 1.30. The van der Waals surface area contributed by atoms with Crippen molar-refractivity contribution in [3.8, 4) is 0 Å². The second-order valence-corrected chi connectivity index (χ2v) is 10.4. The van der Waals surface area contributed by atoms with E-state index < -0.39 is 10.0 Å². The van der Waals surface area contributed by atoms with Crippen LogP contribution in [-0.2, 0) is 10.0 Å². The van der Waals surface area contributed by atoms with Crippen LogP contribution in [0.3, 0.4) is 0 Å². The summed E-state index contributed by atoms with van der Waals surface area (Å²) >= 11 is 1.38. The predicted octanol–water partition coefficient (Wildman–Crippen LogP) is 1.83. The maximum Gasteiger partial charge on any atom is 0.252 e. The maximum absolute atomic E-state index is 13.1. The molecule has 4 heterocycles. The second kappa shape index (κ2) is 7.48. The molecule has 0 spiro atoms. The van der Waals surface area contributed by atoms with Crippen LogP contribution >= 0.6 is 11.3 Å². The molecule has 0 bridgehead atoms. The molecule has 2 saturated heterocycles. The van der Waals surface area contributed by atoms with Crippen molar-refractivity contribution in [1.82, 2.24) is 20.1 Å². The molecule has 2 aliphatic rings. The van der Waals surface area contributed by atoms with Crippen molar-refractivity contribution in [2.24, 2.45) is 5.92 Å². The number of hydrogen-bond donors (Lipinski definition) is 2. The van der Waals surface area contributed by atoms with E-state index in [2.05, 4.69) is 34.6 Å². The van der Waals surface area contributed by atoms with Gasteiger partial charge in [0.2, 0.25) is 0 Å². The predicted molar refractivity (Wildman–Crippen MR) is 107 cm³/mol. The molecule has 3 atom stereocenters. The van der Waals surface area contributed by atoms with Gasteiger partial charge in [-0.05, 0) is 37.1 Å². The summed E-state index contributed by atoms with van der Waals surface area (Å²) in [7, 11) is -3.45. The Kier molecular flexibility index (Phi) is 5.21. The normalized spacial score (nSPS) is 27.2. The number of sulfonamides is 1. The van der Waals surface area contributed by atoms with Crippen molar-refractivity contribution in [3.63, 3.8) is 0 Å². The van der Waals surface area contributed by atoms with Gasteiger partial charge in [-0.1, -0.05) is 13.0 Å². The number of pyridine rings is 1. The molecule has 9 heteroatoms. The Morgan fingerprint density at radius 1 is 1.07 bits per heavy atom. The Balaban J connectivity index is 1.45. The van der Waals surface area contributed by atoms with Gasteiger partial charge in [0.1, 0.15) is 10.0 Å². The van der Waals surface area contributed by atoms with Gasteiger partial charge >= 0.3 is 0 Å². The molecule has 0 amide bonds. The van der Waals surface area contributed by atoms with Crippen molar-refractivity contribution in [3.05, 3.63) is 41.4 Å². The van der Waals surface area contributed by atoms with Gasteiger partial charge in [0.15, 0.2) is 0 Å². The summed E-state index contributed by atoms with van der Waals surface area (Å²) in [6.07, 6.45) is 1.76. The molecule has 7 nitrogen and oxygen atoms in total. The fraction of sp³-hybridized carbons (Fsp3) is 0.500. The van der Waals surface area contributed by atoms with Gasteiger partial charge in [-0.3, -0.25) is 5.43 Å². The summed E-state index contributed by atoms with van der Waals surface area (Å²) in [5.41, 5.74) is 6.51. The highest BCUT2D eigenvalue weighted by atomic mass is 32.2. The van der Waals surface area contributed by atoms with E-state index in [0.717, 1.165) is 10.7 Å². The van der Waals surface area contributed by atoms with Crippen LogP contribution < -0.4 is 15.8 Å². The summed E-state index contributed by atoms with van der Waals surface area (Å²) in [6, 6.07) is 9.99. The van der Waals surface area contributed by atoms with E-state index >= 15 is 0 Å². The minimum atomic E-state index is -3.45. The van der Waals surface area contributed by atoms with Crippen LogP contribution in [0.4, 0.5) is 5.82 Å². The zero-order chi connectivity index (χ0) is 19.0. The van der Waals surface area contributed by atoms with Crippen molar-refractivity contribution in [1.29, 1.82) is 0 Å². The fourth-order valence-corrected chi connectivity index (χ4v) is 6.64. The second-order valence-electron chi connectivity index (χ2n) is 7.15. The Morgan fingerprint density at radius 3 is 2.48 bits per heavy atom. The van der Waals surface area contributed by atoms with Crippen LogP contribution in [-0.4, -0.2) is 49.9 Å². The molecule has 0 aromatic carbocycles. The lowest BCUT2D eigenvalue weighted by Gasteiger charge is -2.34. The van der Waals surface area contributed by atoms with Crippen molar-refractivity contribution >= 4 is 27.2 Å². The monoisotopic (exact) mass is 407 g/mol. The summed E-state index contributed by atoms with van der Waals surface area (Å²) < 4.78 is 28.2. The molecule has 0 aliphatic carbocycles. The first-order valence-corrected chi connectivity index (χ1v) is 11.5. The molecule has 0 saturated carbocycles. The molecule has 2 N–H and O–H groups in total. The Labute approximate surface area is 164 Å². The Bertz CT molecular complexity index is 878. The SMILES string of the molecule is CC1NNC(c2ccc(S(=O)(=O)N3CCN(c4ccccn4)CC3)s2)C1C. The molecule has 2 aromatic rings. The van der Waals surface area contributed by atoms with E-state index in [9.17, 15) is 8.42 Å². The number of nitrogens with zero attached hydrogens (tertiary/aromatic N) is 3. The summed E-state index contributed by atoms with van der Waals surface area (Å²) in [4.78, 5) is 7.54. The van der Waals surface area contributed by atoms with Crippen LogP contribution in [0.5, 0.6) is 0 Å². The largest absolute Gasteiger partial charge is 0.354 e. The molecule has 2 fully saturated rings. The van der Waals surface area contributed by atoms with E-state index in [4.69, 9.17) is 0 Å². The number of hydrogen-bond acceptors (Lipinski definition) is 7. The average molecular weight is 408 g/mol. The van der Waals surface area contributed by atoms with Gasteiger partial charge < -0.3 is 4.90 Å². The zero-order valence-corrected chi connectivity index (χ0v) is 17.1. The third kappa shape index (κ3) is 3.62. The van der Waals surface area contributed by atoms with E-state index in [1.807, 2.05) is 24.3 Å². The smallest absolute Gasteiger partial charge is 0.252 e.